The number of amides is 2. The zero-order chi connectivity index (χ0) is 9.84. The predicted octanol–water partition coefficient (Wildman–Crippen LogP) is 1.49. The third kappa shape index (κ3) is 2.17. The van der Waals surface area contributed by atoms with Gasteiger partial charge in [-0.05, 0) is 20.3 Å². The second-order valence-corrected chi connectivity index (χ2v) is 3.31. The predicted molar refractivity (Wildman–Crippen MR) is 50.0 cm³/mol. The van der Waals surface area contributed by atoms with E-state index >= 15 is 0 Å². The summed E-state index contributed by atoms with van der Waals surface area (Å²) in [7, 11) is 0. The molecule has 1 atom stereocenters. The van der Waals surface area contributed by atoms with Crippen molar-refractivity contribution < 1.29 is 9.59 Å². The Morgan fingerprint density at radius 3 is 2.38 bits per heavy atom. The van der Waals surface area contributed by atoms with Gasteiger partial charge in [0.1, 0.15) is 0 Å². The Morgan fingerprint density at radius 1 is 1.38 bits per heavy atom. The minimum Gasteiger partial charge on any atom is -0.279 e. The van der Waals surface area contributed by atoms with Crippen LogP contribution in [0.15, 0.2) is 12.2 Å². The van der Waals surface area contributed by atoms with Gasteiger partial charge in [-0.25, -0.2) is 0 Å². The van der Waals surface area contributed by atoms with Crippen molar-refractivity contribution in [1.82, 2.24) is 4.90 Å². The second kappa shape index (κ2) is 4.21. The van der Waals surface area contributed by atoms with Crippen LogP contribution in [0.4, 0.5) is 0 Å². The van der Waals surface area contributed by atoms with Crippen LogP contribution in [-0.4, -0.2) is 22.8 Å². The van der Waals surface area contributed by atoms with Crippen molar-refractivity contribution in [2.24, 2.45) is 0 Å². The molecule has 0 aromatic heterocycles. The molecule has 0 aromatic rings. The van der Waals surface area contributed by atoms with Crippen LogP contribution >= 0.6 is 0 Å². The number of carbonyl (C=O) groups excluding carboxylic acids is 2. The van der Waals surface area contributed by atoms with Gasteiger partial charge in [0.15, 0.2) is 0 Å². The maximum atomic E-state index is 11.3. The maximum absolute atomic E-state index is 11.3. The molecule has 1 rings (SSSR count). The fourth-order valence-corrected chi connectivity index (χ4v) is 1.52. The number of hydrogen-bond acceptors (Lipinski definition) is 2. The highest BCUT2D eigenvalue weighted by Crippen LogP contribution is 2.17. The van der Waals surface area contributed by atoms with Crippen LogP contribution in [0.25, 0.3) is 0 Å². The monoisotopic (exact) mass is 181 g/mol. The number of nitrogens with zero attached hydrogens (tertiary/aromatic N) is 1. The SMILES string of the molecule is CC=CCC(C)N1C(=O)CCC1=O. The first-order valence-electron chi connectivity index (χ1n) is 4.63. The summed E-state index contributed by atoms with van der Waals surface area (Å²) in [5, 5.41) is 0. The molecule has 0 radical (unpaired) electrons. The normalized spacial score (nSPS) is 20.3. The third-order valence-corrected chi connectivity index (χ3v) is 2.24. The van der Waals surface area contributed by atoms with E-state index in [-0.39, 0.29) is 17.9 Å². The minimum absolute atomic E-state index is 0.0127. The highest BCUT2D eigenvalue weighted by molar-refractivity contribution is 6.02. The van der Waals surface area contributed by atoms with Crippen molar-refractivity contribution in [3.8, 4) is 0 Å². The van der Waals surface area contributed by atoms with Gasteiger partial charge in [0.25, 0.3) is 0 Å². The van der Waals surface area contributed by atoms with E-state index in [9.17, 15) is 9.59 Å². The van der Waals surface area contributed by atoms with Crippen LogP contribution in [0.2, 0.25) is 0 Å². The minimum atomic E-state index is -0.0259. The highest BCUT2D eigenvalue weighted by atomic mass is 16.2. The molecule has 0 bridgehead atoms. The van der Waals surface area contributed by atoms with Gasteiger partial charge < -0.3 is 0 Å². The average molecular weight is 181 g/mol. The third-order valence-electron chi connectivity index (χ3n) is 2.24. The molecule has 1 aliphatic rings. The lowest BCUT2D eigenvalue weighted by Crippen LogP contribution is -2.37. The Labute approximate surface area is 78.4 Å². The largest absolute Gasteiger partial charge is 0.279 e. The van der Waals surface area contributed by atoms with Crippen LogP contribution < -0.4 is 0 Å². The Balaban J connectivity index is 2.58. The second-order valence-electron chi connectivity index (χ2n) is 3.31. The van der Waals surface area contributed by atoms with Crippen molar-refractivity contribution in [1.29, 1.82) is 0 Å². The first kappa shape index (κ1) is 9.96. The van der Waals surface area contributed by atoms with E-state index in [1.165, 1.54) is 4.90 Å². The maximum Gasteiger partial charge on any atom is 0.229 e. The Kier molecular flexibility index (Phi) is 3.23. The van der Waals surface area contributed by atoms with E-state index in [4.69, 9.17) is 0 Å². The van der Waals surface area contributed by atoms with Crippen LogP contribution in [0.1, 0.15) is 33.1 Å². The summed E-state index contributed by atoms with van der Waals surface area (Å²) >= 11 is 0. The molecule has 1 fully saturated rings. The molecule has 0 N–H and O–H groups in total. The van der Waals surface area contributed by atoms with Crippen molar-refractivity contribution in [2.45, 2.75) is 39.2 Å². The molecule has 0 aromatic carbocycles. The van der Waals surface area contributed by atoms with Gasteiger partial charge in [0, 0.05) is 18.9 Å². The standard InChI is InChI=1S/C10H15NO2/c1-3-4-5-8(2)11-9(12)6-7-10(11)13/h3-4,8H,5-7H2,1-2H3. The Bertz CT molecular complexity index is 229. The van der Waals surface area contributed by atoms with Crippen molar-refractivity contribution in [3.63, 3.8) is 0 Å². The van der Waals surface area contributed by atoms with E-state index < -0.39 is 0 Å². The summed E-state index contributed by atoms with van der Waals surface area (Å²) in [4.78, 5) is 23.9. The lowest BCUT2D eigenvalue weighted by molar-refractivity contribution is -0.140. The number of carbonyl (C=O) groups is 2. The molecule has 0 saturated carbocycles. The topological polar surface area (TPSA) is 37.4 Å². The number of allylic oxidation sites excluding steroid dienone is 1. The molecule has 0 aliphatic carbocycles. The van der Waals surface area contributed by atoms with Gasteiger partial charge in [-0.3, -0.25) is 14.5 Å². The molecule has 1 unspecified atom stereocenters. The summed E-state index contributed by atoms with van der Waals surface area (Å²) in [5.41, 5.74) is 0. The smallest absolute Gasteiger partial charge is 0.229 e. The molecule has 72 valence electrons. The molecule has 13 heavy (non-hydrogen) atoms. The van der Waals surface area contributed by atoms with Gasteiger partial charge in [0.2, 0.25) is 11.8 Å². The molecule has 1 aliphatic heterocycles. The zero-order valence-corrected chi connectivity index (χ0v) is 8.12. The summed E-state index contributed by atoms with van der Waals surface area (Å²) in [6.45, 7) is 3.83. The first-order valence-corrected chi connectivity index (χ1v) is 4.63. The number of imide groups is 1. The average Bonchev–Trinajstić information content (AvgIpc) is 2.42. The molecule has 0 spiro atoms. The van der Waals surface area contributed by atoms with Crippen LogP contribution in [0, 0.1) is 0 Å². The Morgan fingerprint density at radius 2 is 1.92 bits per heavy atom. The van der Waals surface area contributed by atoms with Gasteiger partial charge in [0.05, 0.1) is 0 Å². The first-order chi connectivity index (χ1) is 6.16. The molecule has 1 heterocycles. The molecule has 2 amide bonds. The lowest BCUT2D eigenvalue weighted by Gasteiger charge is -2.20. The van der Waals surface area contributed by atoms with Gasteiger partial charge >= 0.3 is 0 Å². The lowest BCUT2D eigenvalue weighted by atomic mass is 10.2. The van der Waals surface area contributed by atoms with Crippen molar-refractivity contribution >= 4 is 11.8 Å². The number of rotatable bonds is 3. The molecular formula is C10H15NO2. The van der Waals surface area contributed by atoms with Crippen LogP contribution in [0.3, 0.4) is 0 Å². The Hall–Kier alpha value is -1.12. The van der Waals surface area contributed by atoms with Crippen molar-refractivity contribution in [2.75, 3.05) is 0 Å². The molecule has 3 heteroatoms. The van der Waals surface area contributed by atoms with Gasteiger partial charge in [-0.15, -0.1) is 0 Å². The van der Waals surface area contributed by atoms with E-state index in [0.29, 0.717) is 12.8 Å². The van der Waals surface area contributed by atoms with E-state index in [0.717, 1.165) is 6.42 Å². The van der Waals surface area contributed by atoms with E-state index in [1.54, 1.807) is 0 Å². The van der Waals surface area contributed by atoms with Crippen molar-refractivity contribution in [3.05, 3.63) is 12.2 Å². The van der Waals surface area contributed by atoms with Gasteiger partial charge in [-0.2, -0.15) is 0 Å². The van der Waals surface area contributed by atoms with E-state index in [1.807, 2.05) is 26.0 Å². The molecular weight excluding hydrogens is 166 g/mol. The summed E-state index contributed by atoms with van der Waals surface area (Å²) in [6, 6.07) is 0.0127. The summed E-state index contributed by atoms with van der Waals surface area (Å²) in [5.74, 6) is -0.0518. The van der Waals surface area contributed by atoms with Gasteiger partial charge in [-0.1, -0.05) is 12.2 Å². The summed E-state index contributed by atoms with van der Waals surface area (Å²) in [6.07, 6.45) is 5.44. The quantitative estimate of drug-likeness (QED) is 0.488. The number of hydrogen-bond donors (Lipinski definition) is 0. The molecule has 3 nitrogen and oxygen atoms in total. The zero-order valence-electron chi connectivity index (χ0n) is 8.12. The summed E-state index contributed by atoms with van der Waals surface area (Å²) < 4.78 is 0. The molecule has 1 saturated heterocycles. The fraction of sp³-hybridized carbons (Fsp3) is 0.600. The highest BCUT2D eigenvalue weighted by Gasteiger charge is 2.31. The van der Waals surface area contributed by atoms with Crippen LogP contribution in [-0.2, 0) is 9.59 Å². The fourth-order valence-electron chi connectivity index (χ4n) is 1.52. The van der Waals surface area contributed by atoms with Crippen LogP contribution in [0.5, 0.6) is 0 Å². The van der Waals surface area contributed by atoms with E-state index in [2.05, 4.69) is 0 Å². The number of likely N-dealkylation sites (tertiary alicyclic amines) is 1.